The zero-order valence-electron chi connectivity index (χ0n) is 13.6. The average molecular weight is 359 g/mol. The molecule has 26 heavy (non-hydrogen) atoms. The van der Waals surface area contributed by atoms with Gasteiger partial charge in [0.15, 0.2) is 0 Å². The van der Waals surface area contributed by atoms with Crippen molar-refractivity contribution < 1.29 is 23.2 Å². The van der Waals surface area contributed by atoms with Gasteiger partial charge in [0.1, 0.15) is 11.6 Å². The second-order valence-corrected chi connectivity index (χ2v) is 5.67. The van der Waals surface area contributed by atoms with Gasteiger partial charge in [0.25, 0.3) is 11.8 Å². The molecule has 2 aromatic rings. The van der Waals surface area contributed by atoms with Gasteiger partial charge in [0, 0.05) is 19.2 Å². The highest BCUT2D eigenvalue weighted by molar-refractivity contribution is 6.21. The van der Waals surface area contributed by atoms with E-state index < -0.39 is 17.7 Å². The number of urea groups is 1. The third-order valence-electron chi connectivity index (χ3n) is 3.90. The third kappa shape index (κ3) is 3.53. The monoisotopic (exact) mass is 359 g/mol. The first kappa shape index (κ1) is 17.5. The van der Waals surface area contributed by atoms with E-state index in [1.54, 1.807) is 24.3 Å². The van der Waals surface area contributed by atoms with E-state index in [9.17, 15) is 23.2 Å². The zero-order valence-corrected chi connectivity index (χ0v) is 13.6. The summed E-state index contributed by atoms with van der Waals surface area (Å²) in [6.07, 6.45) is 0.324. The summed E-state index contributed by atoms with van der Waals surface area (Å²) in [5.74, 6) is -2.16. The molecular weight excluding hydrogens is 344 g/mol. The summed E-state index contributed by atoms with van der Waals surface area (Å²) in [5.41, 5.74) is 0.456. The molecule has 8 heteroatoms. The van der Waals surface area contributed by atoms with Crippen LogP contribution in [0.5, 0.6) is 0 Å². The summed E-state index contributed by atoms with van der Waals surface area (Å²) in [4.78, 5) is 37.2. The fourth-order valence-electron chi connectivity index (χ4n) is 2.64. The van der Waals surface area contributed by atoms with Crippen molar-refractivity contribution in [3.8, 4) is 0 Å². The van der Waals surface area contributed by atoms with Crippen LogP contribution >= 0.6 is 0 Å². The first-order valence-electron chi connectivity index (χ1n) is 7.92. The second-order valence-electron chi connectivity index (χ2n) is 5.67. The molecule has 2 aromatic carbocycles. The van der Waals surface area contributed by atoms with Crippen LogP contribution in [-0.4, -0.2) is 35.8 Å². The molecule has 0 fully saturated rings. The molecule has 0 bridgehead atoms. The van der Waals surface area contributed by atoms with Crippen LogP contribution in [0.2, 0.25) is 0 Å². The molecule has 1 aliphatic rings. The normalized spacial score (nSPS) is 12.9. The number of anilines is 1. The Kier molecular flexibility index (Phi) is 4.92. The first-order valence-corrected chi connectivity index (χ1v) is 7.92. The van der Waals surface area contributed by atoms with Crippen molar-refractivity contribution in [1.29, 1.82) is 0 Å². The smallest absolute Gasteiger partial charge is 0.319 e. The van der Waals surface area contributed by atoms with E-state index in [1.807, 2.05) is 0 Å². The summed E-state index contributed by atoms with van der Waals surface area (Å²) in [6.45, 7) is 0.289. The Labute approximate surface area is 147 Å². The van der Waals surface area contributed by atoms with Crippen molar-refractivity contribution in [3.63, 3.8) is 0 Å². The summed E-state index contributed by atoms with van der Waals surface area (Å²) in [7, 11) is 0. The number of nitrogens with zero attached hydrogens (tertiary/aromatic N) is 1. The first-order chi connectivity index (χ1) is 12.5. The van der Waals surface area contributed by atoms with Gasteiger partial charge in [-0.3, -0.25) is 14.5 Å². The van der Waals surface area contributed by atoms with Gasteiger partial charge in [0.05, 0.1) is 16.8 Å². The van der Waals surface area contributed by atoms with Crippen LogP contribution in [0.4, 0.5) is 19.3 Å². The Morgan fingerprint density at radius 3 is 2.31 bits per heavy atom. The fourth-order valence-corrected chi connectivity index (χ4v) is 2.64. The predicted octanol–water partition coefficient (Wildman–Crippen LogP) is 2.77. The molecule has 6 nitrogen and oxygen atoms in total. The van der Waals surface area contributed by atoms with Crippen LogP contribution in [0.1, 0.15) is 27.1 Å². The Balaban J connectivity index is 1.47. The molecule has 0 radical (unpaired) electrons. The van der Waals surface area contributed by atoms with E-state index in [1.165, 1.54) is 0 Å². The maximum absolute atomic E-state index is 13.4. The van der Waals surface area contributed by atoms with Crippen molar-refractivity contribution in [1.82, 2.24) is 10.2 Å². The minimum atomic E-state index is -0.757. The highest BCUT2D eigenvalue weighted by Crippen LogP contribution is 2.22. The lowest BCUT2D eigenvalue weighted by molar-refractivity contribution is 0.0653. The maximum atomic E-state index is 13.4. The molecule has 0 aliphatic carbocycles. The van der Waals surface area contributed by atoms with E-state index in [0.29, 0.717) is 17.5 Å². The number of benzene rings is 2. The van der Waals surface area contributed by atoms with Gasteiger partial charge in [-0.25, -0.2) is 13.6 Å². The number of carbonyl (C=O) groups is 3. The van der Waals surface area contributed by atoms with Gasteiger partial charge in [0.2, 0.25) is 0 Å². The van der Waals surface area contributed by atoms with Crippen molar-refractivity contribution in [2.75, 3.05) is 18.4 Å². The molecule has 2 N–H and O–H groups in total. The summed E-state index contributed by atoms with van der Waals surface area (Å²) in [6, 6.07) is 8.57. The van der Waals surface area contributed by atoms with E-state index in [0.717, 1.165) is 23.1 Å². The number of hydrogen-bond acceptors (Lipinski definition) is 3. The highest BCUT2D eigenvalue weighted by Gasteiger charge is 2.34. The van der Waals surface area contributed by atoms with E-state index >= 15 is 0 Å². The lowest BCUT2D eigenvalue weighted by Crippen LogP contribution is -2.35. The molecule has 0 saturated heterocycles. The van der Waals surface area contributed by atoms with Crippen molar-refractivity contribution in [3.05, 3.63) is 65.2 Å². The maximum Gasteiger partial charge on any atom is 0.319 e. The molecule has 0 aromatic heterocycles. The van der Waals surface area contributed by atoms with Crippen LogP contribution in [0.25, 0.3) is 0 Å². The van der Waals surface area contributed by atoms with Crippen LogP contribution < -0.4 is 10.6 Å². The topological polar surface area (TPSA) is 78.5 Å². The second kappa shape index (κ2) is 7.30. The number of rotatable bonds is 5. The summed E-state index contributed by atoms with van der Waals surface area (Å²) >= 11 is 0. The molecule has 4 amide bonds. The van der Waals surface area contributed by atoms with Gasteiger partial charge < -0.3 is 10.6 Å². The van der Waals surface area contributed by atoms with E-state index in [2.05, 4.69) is 10.6 Å². The number of fused-ring (bicyclic) bond motifs is 1. The highest BCUT2D eigenvalue weighted by atomic mass is 19.1. The standard InChI is InChI=1S/C18H15F2N3O3/c19-11-6-7-14(20)15(10-11)22-18(26)21-8-3-9-23-16(24)12-4-1-2-5-13(12)17(23)25/h1-2,4-7,10H,3,8-9H2,(H2,21,22,26). The van der Waals surface area contributed by atoms with Crippen LogP contribution in [-0.2, 0) is 0 Å². The molecule has 134 valence electrons. The number of carbonyl (C=O) groups excluding carboxylic acids is 3. The number of amides is 4. The molecule has 3 rings (SSSR count). The lowest BCUT2D eigenvalue weighted by atomic mass is 10.1. The zero-order chi connectivity index (χ0) is 18.7. The van der Waals surface area contributed by atoms with Crippen LogP contribution in [0.3, 0.4) is 0 Å². The Bertz CT molecular complexity index is 851. The summed E-state index contributed by atoms with van der Waals surface area (Å²) < 4.78 is 26.5. The number of hydrogen-bond donors (Lipinski definition) is 2. The van der Waals surface area contributed by atoms with Gasteiger partial charge >= 0.3 is 6.03 Å². The van der Waals surface area contributed by atoms with Crippen LogP contribution in [0.15, 0.2) is 42.5 Å². The SMILES string of the molecule is O=C(NCCCN1C(=O)c2ccccc2C1=O)Nc1cc(F)ccc1F. The molecule has 0 spiro atoms. The van der Waals surface area contributed by atoms with Crippen molar-refractivity contribution >= 4 is 23.5 Å². The van der Waals surface area contributed by atoms with Crippen LogP contribution in [0, 0.1) is 11.6 Å². The Morgan fingerprint density at radius 2 is 1.65 bits per heavy atom. The quantitative estimate of drug-likeness (QED) is 0.636. The van der Waals surface area contributed by atoms with E-state index in [4.69, 9.17) is 0 Å². The lowest BCUT2D eigenvalue weighted by Gasteiger charge is -2.14. The molecule has 0 atom stereocenters. The average Bonchev–Trinajstić information content (AvgIpc) is 2.87. The molecule has 1 aliphatic heterocycles. The van der Waals surface area contributed by atoms with E-state index in [-0.39, 0.29) is 30.6 Å². The largest absolute Gasteiger partial charge is 0.338 e. The van der Waals surface area contributed by atoms with Gasteiger partial charge in [-0.1, -0.05) is 12.1 Å². The molecule has 0 saturated carbocycles. The number of imide groups is 1. The third-order valence-corrected chi connectivity index (χ3v) is 3.90. The van der Waals surface area contributed by atoms with Crippen molar-refractivity contribution in [2.45, 2.75) is 6.42 Å². The van der Waals surface area contributed by atoms with Gasteiger partial charge in [-0.15, -0.1) is 0 Å². The van der Waals surface area contributed by atoms with Gasteiger partial charge in [-0.05, 0) is 30.7 Å². The minimum absolute atomic E-state index is 0.140. The fraction of sp³-hybridized carbons (Fsp3) is 0.167. The summed E-state index contributed by atoms with van der Waals surface area (Å²) in [5, 5.41) is 4.66. The molecule has 1 heterocycles. The predicted molar refractivity (Wildman–Crippen MR) is 89.8 cm³/mol. The van der Waals surface area contributed by atoms with Gasteiger partial charge in [-0.2, -0.15) is 0 Å². The minimum Gasteiger partial charge on any atom is -0.338 e. The molecular formula is C18H15F2N3O3. The van der Waals surface area contributed by atoms with Crippen molar-refractivity contribution in [2.24, 2.45) is 0 Å². The Morgan fingerprint density at radius 1 is 1.00 bits per heavy atom. The number of nitrogens with one attached hydrogen (secondary N) is 2. The number of halogens is 2. The Hall–Kier alpha value is -3.29. The molecule has 0 unspecified atom stereocenters.